The smallest absolute Gasteiger partial charge is 0.254 e. The number of rotatable bonds is 5. The summed E-state index contributed by atoms with van der Waals surface area (Å²) in [7, 11) is 0. The van der Waals surface area contributed by atoms with Gasteiger partial charge in [-0.25, -0.2) is 4.39 Å². The number of nitrogens with zero attached hydrogens (tertiary/aromatic N) is 3. The van der Waals surface area contributed by atoms with Crippen LogP contribution in [0, 0.1) is 5.82 Å². The van der Waals surface area contributed by atoms with E-state index in [1.807, 2.05) is 41.5 Å². The third-order valence-electron chi connectivity index (χ3n) is 6.45. The van der Waals surface area contributed by atoms with Gasteiger partial charge in [0.25, 0.3) is 5.91 Å². The Kier molecular flexibility index (Phi) is 10.3. The van der Waals surface area contributed by atoms with Crippen molar-refractivity contribution < 1.29 is 23.3 Å². The maximum absolute atomic E-state index is 14.5. The van der Waals surface area contributed by atoms with Gasteiger partial charge in [-0.3, -0.25) is 19.3 Å². The van der Waals surface area contributed by atoms with Gasteiger partial charge in [-0.1, -0.05) is 41.6 Å². The minimum atomic E-state index is -0.945. The third kappa shape index (κ3) is 8.12. The number of carbonyl (C=O) groups excluding carboxylic acids is 3. The van der Waals surface area contributed by atoms with Crippen molar-refractivity contribution in [3.8, 4) is 0 Å². The Hall–Kier alpha value is -3.77. The van der Waals surface area contributed by atoms with E-state index in [1.165, 1.54) is 12.1 Å². The Labute approximate surface area is 236 Å². The zero-order valence-corrected chi connectivity index (χ0v) is 23.3. The van der Waals surface area contributed by atoms with Gasteiger partial charge < -0.3 is 20.5 Å². The number of amides is 3. The van der Waals surface area contributed by atoms with Crippen molar-refractivity contribution in [1.82, 2.24) is 31.0 Å². The molecule has 3 amide bonds. The molecule has 1 aliphatic heterocycles. The number of aromatic nitrogens is 2. The van der Waals surface area contributed by atoms with E-state index in [-0.39, 0.29) is 31.1 Å². The highest BCUT2D eigenvalue weighted by Gasteiger charge is 2.26. The number of nitrogens with one attached hydrogen (secondary N) is 3. The zero-order valence-electron chi connectivity index (χ0n) is 22.5. The van der Waals surface area contributed by atoms with Gasteiger partial charge in [0.15, 0.2) is 5.82 Å². The maximum Gasteiger partial charge on any atom is 0.254 e. The molecule has 40 heavy (non-hydrogen) atoms. The van der Waals surface area contributed by atoms with E-state index in [1.54, 1.807) is 24.8 Å². The van der Waals surface area contributed by atoms with Crippen molar-refractivity contribution in [2.24, 2.45) is 0 Å². The third-order valence-corrected chi connectivity index (χ3v) is 7.00. The summed E-state index contributed by atoms with van der Waals surface area (Å²) in [5.41, 5.74) is 1.44. The fourth-order valence-corrected chi connectivity index (χ4v) is 4.79. The summed E-state index contributed by atoms with van der Waals surface area (Å²) < 4.78 is 19.9. The average molecular weight is 569 g/mol. The van der Waals surface area contributed by atoms with Crippen LogP contribution in [0.25, 0.3) is 0 Å². The molecule has 2 heterocycles. The lowest BCUT2D eigenvalue weighted by Gasteiger charge is -2.28. The number of thioether (sulfide) groups is 1. The monoisotopic (exact) mass is 568 g/mol. The molecule has 212 valence electrons. The van der Waals surface area contributed by atoms with Gasteiger partial charge in [0.2, 0.25) is 17.7 Å². The van der Waals surface area contributed by atoms with Gasteiger partial charge in [-0.05, 0) is 49.3 Å². The van der Waals surface area contributed by atoms with Gasteiger partial charge >= 0.3 is 0 Å². The quantitative estimate of drug-likeness (QED) is 0.429. The van der Waals surface area contributed by atoms with Gasteiger partial charge in [-0.2, -0.15) is 16.7 Å². The molecule has 1 aromatic heterocycles. The second-order valence-corrected chi connectivity index (χ2v) is 10.5. The molecular formula is C28H33FN6O4S. The van der Waals surface area contributed by atoms with Crippen LogP contribution in [0.1, 0.15) is 52.6 Å². The van der Waals surface area contributed by atoms with E-state index in [0.29, 0.717) is 36.9 Å². The molecule has 0 saturated heterocycles. The normalized spacial score (nSPS) is 19.8. The first-order valence-corrected chi connectivity index (χ1v) is 14.5. The summed E-state index contributed by atoms with van der Waals surface area (Å²) in [6.07, 6.45) is 3.08. The number of halogens is 1. The maximum atomic E-state index is 14.5. The molecule has 1 aliphatic rings. The number of hydrogen-bond donors (Lipinski definition) is 3. The molecule has 3 aromatic rings. The topological polar surface area (TPSA) is 129 Å². The minimum absolute atomic E-state index is 0.0342. The standard InChI is InChI=1S/C28H33FN6O4S/c1-18-27(37)32-23(20-8-4-3-5-9-20)14-35(16-26-33-24(17-40-2)34-39-26)15-25(36)30-12-6-7-19-10-11-22(29)21(13-19)28(38)31-18/h3-5,8-11,13,18,23H,6-7,12,14-17H2,1-2H3,(H,30,36)(H,31,38)(H,32,37)/t18-,23-/m1/s1. The van der Waals surface area contributed by atoms with Crippen molar-refractivity contribution in [1.29, 1.82) is 0 Å². The van der Waals surface area contributed by atoms with Gasteiger partial charge in [0.1, 0.15) is 11.9 Å². The lowest BCUT2D eigenvalue weighted by Crippen LogP contribution is -2.48. The minimum Gasteiger partial charge on any atom is -0.355 e. The first-order valence-electron chi connectivity index (χ1n) is 13.1. The van der Waals surface area contributed by atoms with Crippen molar-refractivity contribution in [2.75, 3.05) is 25.9 Å². The summed E-state index contributed by atoms with van der Waals surface area (Å²) in [5.74, 6) is -0.459. The fraction of sp³-hybridized carbons (Fsp3) is 0.393. The molecule has 4 rings (SSSR count). The molecule has 0 radical (unpaired) electrons. The second-order valence-electron chi connectivity index (χ2n) is 9.64. The van der Waals surface area contributed by atoms with Crippen molar-refractivity contribution >= 4 is 29.5 Å². The first kappa shape index (κ1) is 29.2. The molecule has 3 N–H and O–H groups in total. The molecule has 12 heteroatoms. The van der Waals surface area contributed by atoms with E-state index in [0.717, 1.165) is 11.1 Å². The van der Waals surface area contributed by atoms with Crippen molar-refractivity contribution in [3.63, 3.8) is 0 Å². The van der Waals surface area contributed by atoms with Crippen LogP contribution >= 0.6 is 11.8 Å². The molecule has 0 spiro atoms. The van der Waals surface area contributed by atoms with Gasteiger partial charge in [0.05, 0.1) is 30.4 Å². The van der Waals surface area contributed by atoms with Crippen LogP contribution in [-0.4, -0.2) is 64.7 Å². The first-order chi connectivity index (χ1) is 19.3. The zero-order chi connectivity index (χ0) is 28.5. The Bertz CT molecular complexity index is 1320. The summed E-state index contributed by atoms with van der Waals surface area (Å²) in [4.78, 5) is 45.3. The highest BCUT2D eigenvalue weighted by molar-refractivity contribution is 7.97. The lowest BCUT2D eigenvalue weighted by molar-refractivity contribution is -0.123. The lowest BCUT2D eigenvalue weighted by atomic mass is 10.0. The Morgan fingerprint density at radius 3 is 2.70 bits per heavy atom. The van der Waals surface area contributed by atoms with E-state index in [4.69, 9.17) is 4.52 Å². The van der Waals surface area contributed by atoms with Crippen LogP contribution in [0.15, 0.2) is 53.1 Å². The number of fused-ring (bicyclic) bond motifs is 2. The van der Waals surface area contributed by atoms with Crippen LogP contribution < -0.4 is 16.0 Å². The summed E-state index contributed by atoms with van der Waals surface area (Å²) in [5, 5.41) is 12.5. The predicted molar refractivity (Wildman–Crippen MR) is 149 cm³/mol. The van der Waals surface area contributed by atoms with Crippen LogP contribution in [0.4, 0.5) is 4.39 Å². The van der Waals surface area contributed by atoms with Gasteiger partial charge in [0, 0.05) is 13.1 Å². The van der Waals surface area contributed by atoms with E-state index >= 15 is 0 Å². The Balaban J connectivity index is 1.61. The van der Waals surface area contributed by atoms with Crippen molar-refractivity contribution in [3.05, 3.63) is 82.8 Å². The van der Waals surface area contributed by atoms with Gasteiger partial charge in [-0.15, -0.1) is 0 Å². The van der Waals surface area contributed by atoms with Crippen LogP contribution in [0.2, 0.25) is 0 Å². The Morgan fingerprint density at radius 2 is 1.93 bits per heavy atom. The number of carbonyl (C=O) groups is 3. The van der Waals surface area contributed by atoms with E-state index in [9.17, 15) is 18.8 Å². The number of aryl methyl sites for hydroxylation is 1. The highest BCUT2D eigenvalue weighted by Crippen LogP contribution is 2.18. The molecule has 0 fully saturated rings. The molecule has 10 nitrogen and oxygen atoms in total. The summed E-state index contributed by atoms with van der Waals surface area (Å²) in [6.45, 7) is 2.43. The number of hydrogen-bond acceptors (Lipinski definition) is 8. The van der Waals surface area contributed by atoms with Crippen molar-refractivity contribution in [2.45, 2.75) is 44.1 Å². The van der Waals surface area contributed by atoms with Crippen LogP contribution in [0.3, 0.4) is 0 Å². The van der Waals surface area contributed by atoms with Crippen LogP contribution in [0.5, 0.6) is 0 Å². The highest BCUT2D eigenvalue weighted by atomic mass is 32.2. The predicted octanol–water partition coefficient (Wildman–Crippen LogP) is 2.61. The summed E-state index contributed by atoms with van der Waals surface area (Å²) in [6, 6.07) is 12.2. The molecule has 0 aliphatic carbocycles. The number of benzene rings is 2. The largest absolute Gasteiger partial charge is 0.355 e. The molecule has 0 unspecified atom stereocenters. The Morgan fingerprint density at radius 1 is 1.12 bits per heavy atom. The molecular weight excluding hydrogens is 535 g/mol. The molecule has 2 atom stereocenters. The SMILES string of the molecule is CSCc1noc(CN2CC(=O)NCCCc3ccc(F)c(c3)C(=O)N[C@H](C)C(=O)N[C@@H](c3ccccc3)C2)n1. The van der Waals surface area contributed by atoms with E-state index < -0.39 is 29.7 Å². The second kappa shape index (κ2) is 14.0. The van der Waals surface area contributed by atoms with Crippen LogP contribution in [-0.2, 0) is 28.3 Å². The van der Waals surface area contributed by atoms with E-state index in [2.05, 4.69) is 26.1 Å². The molecule has 2 aromatic carbocycles. The fourth-order valence-electron chi connectivity index (χ4n) is 4.41. The molecule has 0 saturated carbocycles. The molecule has 2 bridgehead atoms. The average Bonchev–Trinajstić information content (AvgIpc) is 3.38. The summed E-state index contributed by atoms with van der Waals surface area (Å²) >= 11 is 1.57.